The number of aromatic nitrogens is 2. The lowest BCUT2D eigenvalue weighted by atomic mass is 9.92. The van der Waals surface area contributed by atoms with Gasteiger partial charge in [-0.3, -0.25) is 4.90 Å². The second kappa shape index (κ2) is 6.06. The van der Waals surface area contributed by atoms with Crippen molar-refractivity contribution in [1.29, 1.82) is 0 Å². The molecule has 0 spiro atoms. The Morgan fingerprint density at radius 3 is 2.25 bits per heavy atom. The van der Waals surface area contributed by atoms with Crippen LogP contribution in [0.1, 0.15) is 33.4 Å². The summed E-state index contributed by atoms with van der Waals surface area (Å²) < 4.78 is 0. The molecule has 0 amide bonds. The molecule has 1 N–H and O–H groups in total. The Bertz CT molecular complexity index is 418. The summed E-state index contributed by atoms with van der Waals surface area (Å²) in [6.07, 6.45) is 0. The van der Waals surface area contributed by atoms with E-state index < -0.39 is 0 Å². The van der Waals surface area contributed by atoms with E-state index in [1.54, 1.807) is 0 Å². The van der Waals surface area contributed by atoms with Gasteiger partial charge in [-0.2, -0.15) is 5.10 Å². The van der Waals surface area contributed by atoms with Gasteiger partial charge in [0.1, 0.15) is 0 Å². The van der Waals surface area contributed by atoms with Gasteiger partial charge < -0.3 is 10.0 Å². The molecule has 5 nitrogen and oxygen atoms in total. The van der Waals surface area contributed by atoms with Crippen molar-refractivity contribution < 1.29 is 5.11 Å². The zero-order valence-corrected chi connectivity index (χ0v) is 13.0. The van der Waals surface area contributed by atoms with E-state index in [0.29, 0.717) is 0 Å². The van der Waals surface area contributed by atoms with Crippen molar-refractivity contribution in [1.82, 2.24) is 15.1 Å². The predicted molar refractivity (Wildman–Crippen MR) is 81.1 cm³/mol. The topological polar surface area (TPSA) is 52.5 Å². The molecule has 2 rings (SSSR count). The minimum Gasteiger partial charge on any atom is -0.395 e. The molecule has 0 aromatic carbocycles. The van der Waals surface area contributed by atoms with E-state index in [1.165, 1.54) is 0 Å². The van der Waals surface area contributed by atoms with Crippen LogP contribution < -0.4 is 4.90 Å². The molecule has 0 saturated carbocycles. The number of aliphatic hydroxyl groups is 1. The van der Waals surface area contributed by atoms with Crippen molar-refractivity contribution in [2.24, 2.45) is 0 Å². The van der Waals surface area contributed by atoms with Crippen molar-refractivity contribution in [3.63, 3.8) is 0 Å². The summed E-state index contributed by atoms with van der Waals surface area (Å²) in [5.74, 6) is 0.953. The van der Waals surface area contributed by atoms with E-state index in [4.69, 9.17) is 0 Å². The molecule has 1 fully saturated rings. The first kappa shape index (κ1) is 15.2. The number of aliphatic hydroxyl groups excluding tert-OH is 1. The molecule has 1 saturated heterocycles. The van der Waals surface area contributed by atoms with Gasteiger partial charge >= 0.3 is 0 Å². The molecule has 1 atom stereocenters. The maximum Gasteiger partial charge on any atom is 0.151 e. The first-order chi connectivity index (χ1) is 9.41. The highest BCUT2D eigenvalue weighted by Crippen LogP contribution is 2.21. The molecule has 1 unspecified atom stereocenters. The van der Waals surface area contributed by atoms with E-state index in [2.05, 4.69) is 59.8 Å². The fourth-order valence-electron chi connectivity index (χ4n) is 2.40. The molecule has 0 bridgehead atoms. The molecular formula is C15H26N4O. The predicted octanol–water partition coefficient (Wildman–Crippen LogP) is 1.28. The number of rotatable bonds is 3. The molecule has 0 radical (unpaired) electrons. The molecule has 5 heteroatoms. The van der Waals surface area contributed by atoms with Crippen LogP contribution in [0.5, 0.6) is 0 Å². The lowest BCUT2D eigenvalue weighted by Crippen LogP contribution is -2.50. The van der Waals surface area contributed by atoms with Crippen LogP contribution in [-0.2, 0) is 5.41 Å². The third-order valence-corrected chi connectivity index (χ3v) is 3.94. The summed E-state index contributed by atoms with van der Waals surface area (Å²) in [6.45, 7) is 12.5. The summed E-state index contributed by atoms with van der Waals surface area (Å²) in [4.78, 5) is 4.58. The standard InChI is InChI=1S/C15H26N4O/c1-12(11-20)18-7-9-19(10-8-18)14-6-5-13(16-17-14)15(2,3)4/h5-6,12,20H,7-11H2,1-4H3. The third kappa shape index (κ3) is 3.46. The second-order valence-corrected chi connectivity index (χ2v) is 6.58. The summed E-state index contributed by atoms with van der Waals surface area (Å²) >= 11 is 0. The Hall–Kier alpha value is -1.20. The Balaban J connectivity index is 1.97. The van der Waals surface area contributed by atoms with E-state index >= 15 is 0 Å². The Morgan fingerprint density at radius 2 is 1.80 bits per heavy atom. The molecule has 1 aromatic heterocycles. The Kier molecular flexibility index (Phi) is 4.60. The normalized spacial score (nSPS) is 19.1. The molecule has 112 valence electrons. The van der Waals surface area contributed by atoms with Crippen molar-refractivity contribution in [3.8, 4) is 0 Å². The van der Waals surface area contributed by atoms with Crippen LogP contribution in [0, 0.1) is 0 Å². The largest absolute Gasteiger partial charge is 0.395 e. The maximum absolute atomic E-state index is 9.20. The summed E-state index contributed by atoms with van der Waals surface area (Å²) in [7, 11) is 0. The monoisotopic (exact) mass is 278 g/mol. The third-order valence-electron chi connectivity index (χ3n) is 3.94. The van der Waals surface area contributed by atoms with Crippen molar-refractivity contribution in [2.45, 2.75) is 39.2 Å². The van der Waals surface area contributed by atoms with Crippen molar-refractivity contribution in [2.75, 3.05) is 37.7 Å². The zero-order chi connectivity index (χ0) is 14.8. The first-order valence-electron chi connectivity index (χ1n) is 7.36. The fourth-order valence-corrected chi connectivity index (χ4v) is 2.40. The minimum absolute atomic E-state index is 0.0424. The number of piperazine rings is 1. The van der Waals surface area contributed by atoms with Gasteiger partial charge in [-0.1, -0.05) is 20.8 Å². The Morgan fingerprint density at radius 1 is 1.15 bits per heavy atom. The lowest BCUT2D eigenvalue weighted by Gasteiger charge is -2.37. The molecule has 2 heterocycles. The Labute approximate surface area is 121 Å². The van der Waals surface area contributed by atoms with Crippen LogP contribution in [0.25, 0.3) is 0 Å². The molecule has 1 aliphatic rings. The lowest BCUT2D eigenvalue weighted by molar-refractivity contribution is 0.128. The highest BCUT2D eigenvalue weighted by atomic mass is 16.3. The van der Waals surface area contributed by atoms with E-state index in [-0.39, 0.29) is 18.1 Å². The van der Waals surface area contributed by atoms with Gasteiger partial charge in [-0.25, -0.2) is 0 Å². The molecular weight excluding hydrogens is 252 g/mol. The van der Waals surface area contributed by atoms with Gasteiger partial charge in [-0.15, -0.1) is 5.10 Å². The second-order valence-electron chi connectivity index (χ2n) is 6.58. The van der Waals surface area contributed by atoms with Gasteiger partial charge in [0, 0.05) is 37.6 Å². The van der Waals surface area contributed by atoms with Crippen LogP contribution in [-0.4, -0.2) is 59.0 Å². The zero-order valence-electron chi connectivity index (χ0n) is 13.0. The maximum atomic E-state index is 9.20. The number of nitrogens with zero attached hydrogens (tertiary/aromatic N) is 4. The van der Waals surface area contributed by atoms with Crippen LogP contribution in [0.4, 0.5) is 5.82 Å². The fraction of sp³-hybridized carbons (Fsp3) is 0.733. The van der Waals surface area contributed by atoms with Gasteiger partial charge in [0.05, 0.1) is 12.3 Å². The van der Waals surface area contributed by atoms with E-state index in [1.807, 2.05) is 0 Å². The highest BCUT2D eigenvalue weighted by molar-refractivity contribution is 5.38. The van der Waals surface area contributed by atoms with Gasteiger partial charge in [0.2, 0.25) is 0 Å². The molecule has 0 aliphatic carbocycles. The molecule has 20 heavy (non-hydrogen) atoms. The van der Waals surface area contributed by atoms with Crippen molar-refractivity contribution >= 4 is 5.82 Å². The number of hydrogen-bond donors (Lipinski definition) is 1. The highest BCUT2D eigenvalue weighted by Gasteiger charge is 2.22. The number of anilines is 1. The van der Waals surface area contributed by atoms with Crippen LogP contribution in [0.15, 0.2) is 12.1 Å². The van der Waals surface area contributed by atoms with Crippen LogP contribution in [0.2, 0.25) is 0 Å². The number of hydrogen-bond acceptors (Lipinski definition) is 5. The molecule has 1 aliphatic heterocycles. The van der Waals surface area contributed by atoms with Gasteiger partial charge in [0.25, 0.3) is 0 Å². The van der Waals surface area contributed by atoms with Gasteiger partial charge in [0.15, 0.2) is 5.82 Å². The smallest absolute Gasteiger partial charge is 0.151 e. The summed E-state index contributed by atoms with van der Waals surface area (Å²) in [6, 6.07) is 4.38. The van der Waals surface area contributed by atoms with Crippen LogP contribution in [0.3, 0.4) is 0 Å². The quantitative estimate of drug-likeness (QED) is 0.902. The average molecular weight is 278 g/mol. The minimum atomic E-state index is 0.0424. The van der Waals surface area contributed by atoms with Gasteiger partial charge in [-0.05, 0) is 19.1 Å². The van der Waals surface area contributed by atoms with E-state index in [0.717, 1.165) is 37.7 Å². The van der Waals surface area contributed by atoms with E-state index in [9.17, 15) is 5.11 Å². The van der Waals surface area contributed by atoms with Crippen molar-refractivity contribution in [3.05, 3.63) is 17.8 Å². The summed E-state index contributed by atoms with van der Waals surface area (Å²) in [5.41, 5.74) is 1.06. The average Bonchev–Trinajstić information content (AvgIpc) is 2.46. The molecule has 1 aromatic rings. The van der Waals surface area contributed by atoms with Crippen LogP contribution >= 0.6 is 0 Å². The summed E-state index contributed by atoms with van der Waals surface area (Å²) in [5, 5.41) is 17.9. The first-order valence-corrected chi connectivity index (χ1v) is 7.36. The SMILES string of the molecule is CC(CO)N1CCN(c2ccc(C(C)(C)C)nn2)CC1.